The zero-order valence-corrected chi connectivity index (χ0v) is 8.82. The molecule has 0 N–H and O–H groups in total. The third-order valence-electron chi connectivity index (χ3n) is 1.75. The monoisotopic (exact) mass is 216 g/mol. The van der Waals surface area contributed by atoms with Gasteiger partial charge in [-0.15, -0.1) is 11.6 Å². The molecule has 0 spiro atoms. The molecule has 0 aliphatic heterocycles. The van der Waals surface area contributed by atoms with E-state index in [1.54, 1.807) is 19.1 Å². The molecule has 1 nitrogen and oxygen atoms in total. The van der Waals surface area contributed by atoms with Crippen LogP contribution in [0.15, 0.2) is 18.2 Å². The number of carbonyl (C=O) groups is 1. The van der Waals surface area contributed by atoms with Gasteiger partial charge in [-0.25, -0.2) is 0 Å². The summed E-state index contributed by atoms with van der Waals surface area (Å²) in [6.07, 6.45) is 0.430. The Morgan fingerprint density at radius 2 is 2.08 bits per heavy atom. The van der Waals surface area contributed by atoms with Crippen molar-refractivity contribution in [1.29, 1.82) is 0 Å². The Balaban J connectivity index is 2.99. The van der Waals surface area contributed by atoms with E-state index in [0.717, 1.165) is 11.1 Å². The topological polar surface area (TPSA) is 17.1 Å². The van der Waals surface area contributed by atoms with Crippen molar-refractivity contribution in [2.45, 2.75) is 19.2 Å². The van der Waals surface area contributed by atoms with E-state index in [4.69, 9.17) is 23.2 Å². The molecule has 0 amide bonds. The number of hydrogen-bond acceptors (Lipinski definition) is 1. The van der Waals surface area contributed by atoms with Crippen molar-refractivity contribution >= 4 is 29.0 Å². The Morgan fingerprint density at radius 3 is 2.62 bits per heavy atom. The first-order valence-corrected chi connectivity index (χ1v) is 4.87. The minimum Gasteiger partial charge on any atom is -0.300 e. The van der Waals surface area contributed by atoms with Gasteiger partial charge in [0.1, 0.15) is 5.78 Å². The molecule has 1 rings (SSSR count). The number of halogens is 2. The second-order valence-corrected chi connectivity index (χ2v) is 3.63. The summed E-state index contributed by atoms with van der Waals surface area (Å²) in [6.45, 7) is 1.56. The number of hydrogen-bond donors (Lipinski definition) is 0. The van der Waals surface area contributed by atoms with E-state index in [-0.39, 0.29) is 5.78 Å². The number of ketones is 1. The fourth-order valence-electron chi connectivity index (χ4n) is 1.16. The van der Waals surface area contributed by atoms with Crippen LogP contribution in [-0.2, 0) is 17.1 Å². The van der Waals surface area contributed by atoms with Crippen LogP contribution in [0.3, 0.4) is 0 Å². The summed E-state index contributed by atoms with van der Waals surface area (Å²) in [7, 11) is 0. The van der Waals surface area contributed by atoms with Crippen LogP contribution in [0.4, 0.5) is 0 Å². The minimum atomic E-state index is 0.133. The first-order chi connectivity index (χ1) is 6.13. The van der Waals surface area contributed by atoms with Gasteiger partial charge in [-0.05, 0) is 30.2 Å². The van der Waals surface area contributed by atoms with Crippen LogP contribution in [0.2, 0.25) is 5.02 Å². The van der Waals surface area contributed by atoms with Crippen molar-refractivity contribution in [1.82, 2.24) is 0 Å². The van der Waals surface area contributed by atoms with E-state index in [0.29, 0.717) is 17.3 Å². The van der Waals surface area contributed by atoms with Crippen LogP contribution >= 0.6 is 23.2 Å². The molecule has 70 valence electrons. The Hall–Kier alpha value is -0.530. The fourth-order valence-corrected chi connectivity index (χ4v) is 1.60. The summed E-state index contributed by atoms with van der Waals surface area (Å²) in [5.41, 5.74) is 1.90. The second-order valence-electron chi connectivity index (χ2n) is 2.93. The summed E-state index contributed by atoms with van der Waals surface area (Å²) >= 11 is 11.5. The predicted octanol–water partition coefficient (Wildman–Crippen LogP) is 3.21. The summed E-state index contributed by atoms with van der Waals surface area (Å²) in [5.74, 6) is 0.525. The van der Waals surface area contributed by atoms with E-state index in [1.165, 1.54) is 0 Å². The first-order valence-electron chi connectivity index (χ1n) is 3.96. The summed E-state index contributed by atoms with van der Waals surface area (Å²) in [5, 5.41) is 0.656. The molecule has 13 heavy (non-hydrogen) atoms. The number of benzene rings is 1. The molecular weight excluding hydrogens is 207 g/mol. The van der Waals surface area contributed by atoms with Crippen LogP contribution in [0.5, 0.6) is 0 Å². The smallest absolute Gasteiger partial charge is 0.134 e. The minimum absolute atomic E-state index is 0.133. The van der Waals surface area contributed by atoms with Gasteiger partial charge in [0.15, 0.2) is 0 Å². The average molecular weight is 217 g/mol. The van der Waals surface area contributed by atoms with E-state index in [9.17, 15) is 4.79 Å². The lowest BCUT2D eigenvalue weighted by Gasteiger charge is -2.04. The maximum atomic E-state index is 10.9. The van der Waals surface area contributed by atoms with E-state index >= 15 is 0 Å². The molecule has 0 heterocycles. The molecule has 0 bridgehead atoms. The van der Waals surface area contributed by atoms with Crippen LogP contribution in [0, 0.1) is 0 Å². The van der Waals surface area contributed by atoms with Crippen LogP contribution in [-0.4, -0.2) is 5.78 Å². The maximum absolute atomic E-state index is 10.9. The van der Waals surface area contributed by atoms with Crippen LogP contribution in [0.1, 0.15) is 18.1 Å². The molecule has 3 heteroatoms. The van der Waals surface area contributed by atoms with E-state index in [2.05, 4.69) is 0 Å². The standard InChI is InChI=1S/C10H10Cl2O/c1-7(13)4-8-2-3-10(12)5-9(8)6-11/h2-3,5H,4,6H2,1H3. The molecule has 0 radical (unpaired) electrons. The normalized spacial score (nSPS) is 10.1. The van der Waals surface area contributed by atoms with Crippen molar-refractivity contribution < 1.29 is 4.79 Å². The lowest BCUT2D eigenvalue weighted by molar-refractivity contribution is -0.116. The Bertz CT molecular complexity index is 321. The van der Waals surface area contributed by atoms with Gasteiger partial charge in [0.25, 0.3) is 0 Å². The van der Waals surface area contributed by atoms with E-state index in [1.807, 2.05) is 6.07 Å². The molecule has 1 aromatic rings. The third-order valence-corrected chi connectivity index (χ3v) is 2.27. The van der Waals surface area contributed by atoms with E-state index < -0.39 is 0 Å². The van der Waals surface area contributed by atoms with Gasteiger partial charge in [-0.1, -0.05) is 17.7 Å². The maximum Gasteiger partial charge on any atom is 0.134 e. The van der Waals surface area contributed by atoms with Crippen molar-refractivity contribution in [3.05, 3.63) is 34.3 Å². The fraction of sp³-hybridized carbons (Fsp3) is 0.300. The first kappa shape index (κ1) is 10.6. The van der Waals surface area contributed by atoms with Crippen LogP contribution in [0.25, 0.3) is 0 Å². The molecule has 0 aliphatic rings. The molecule has 1 aromatic carbocycles. The summed E-state index contributed by atoms with van der Waals surface area (Å²) < 4.78 is 0. The highest BCUT2D eigenvalue weighted by molar-refractivity contribution is 6.30. The molecule has 0 atom stereocenters. The molecule has 0 fully saturated rings. The third kappa shape index (κ3) is 3.02. The highest BCUT2D eigenvalue weighted by Gasteiger charge is 2.04. The van der Waals surface area contributed by atoms with Crippen molar-refractivity contribution in [3.63, 3.8) is 0 Å². The van der Waals surface area contributed by atoms with Crippen molar-refractivity contribution in [3.8, 4) is 0 Å². The van der Waals surface area contributed by atoms with Gasteiger partial charge < -0.3 is 0 Å². The summed E-state index contributed by atoms with van der Waals surface area (Å²) in [6, 6.07) is 5.42. The summed E-state index contributed by atoms with van der Waals surface area (Å²) in [4.78, 5) is 10.9. The zero-order chi connectivity index (χ0) is 9.84. The van der Waals surface area contributed by atoms with Gasteiger partial charge >= 0.3 is 0 Å². The quantitative estimate of drug-likeness (QED) is 0.710. The molecule has 0 saturated carbocycles. The van der Waals surface area contributed by atoms with Gasteiger partial charge in [0.2, 0.25) is 0 Å². The SMILES string of the molecule is CC(=O)Cc1ccc(Cl)cc1CCl. The van der Waals surface area contributed by atoms with Crippen LogP contribution < -0.4 is 0 Å². The second kappa shape index (κ2) is 4.64. The highest BCUT2D eigenvalue weighted by atomic mass is 35.5. The molecular formula is C10H10Cl2O. The average Bonchev–Trinajstić information content (AvgIpc) is 2.07. The van der Waals surface area contributed by atoms with Gasteiger partial charge in [-0.2, -0.15) is 0 Å². The highest BCUT2D eigenvalue weighted by Crippen LogP contribution is 2.18. The number of Topliss-reactive ketones (excluding diaryl/α,β-unsaturated/α-hetero) is 1. The van der Waals surface area contributed by atoms with Gasteiger partial charge in [0, 0.05) is 17.3 Å². The van der Waals surface area contributed by atoms with Gasteiger partial charge in [0.05, 0.1) is 0 Å². The predicted molar refractivity (Wildman–Crippen MR) is 55.4 cm³/mol. The molecule has 0 aliphatic carbocycles. The molecule has 0 aromatic heterocycles. The Labute approximate surface area is 87.7 Å². The molecule has 0 unspecified atom stereocenters. The largest absolute Gasteiger partial charge is 0.300 e. The number of alkyl halides is 1. The van der Waals surface area contributed by atoms with Gasteiger partial charge in [-0.3, -0.25) is 4.79 Å². The lowest BCUT2D eigenvalue weighted by atomic mass is 10.0. The number of carbonyl (C=O) groups excluding carboxylic acids is 1. The van der Waals surface area contributed by atoms with Crippen molar-refractivity contribution in [2.24, 2.45) is 0 Å². The lowest BCUT2D eigenvalue weighted by Crippen LogP contribution is -1.99. The Morgan fingerprint density at radius 1 is 1.38 bits per heavy atom. The zero-order valence-electron chi connectivity index (χ0n) is 7.31. The number of rotatable bonds is 3. The Kier molecular flexibility index (Phi) is 3.76. The van der Waals surface area contributed by atoms with Crippen molar-refractivity contribution in [2.75, 3.05) is 0 Å². The molecule has 0 saturated heterocycles.